The first-order valence-electron chi connectivity index (χ1n) is 8.51. The molecular weight excluding hydrogens is 318 g/mol. The van der Waals surface area contributed by atoms with E-state index in [9.17, 15) is 4.79 Å². The maximum atomic E-state index is 12.2. The Labute approximate surface area is 147 Å². The predicted octanol–water partition coefficient (Wildman–Crippen LogP) is 1.99. The van der Waals surface area contributed by atoms with Gasteiger partial charge < -0.3 is 14.8 Å². The molecule has 1 N–H and O–H groups in total. The number of rotatable bonds is 7. The van der Waals surface area contributed by atoms with Gasteiger partial charge in [-0.3, -0.25) is 14.7 Å². The molecule has 0 spiro atoms. The number of ether oxygens (including phenoxy) is 2. The van der Waals surface area contributed by atoms with Crippen molar-refractivity contribution in [2.45, 2.75) is 20.0 Å². The Morgan fingerprint density at radius 2 is 2.12 bits per heavy atom. The third-order valence-electron chi connectivity index (χ3n) is 4.07. The minimum absolute atomic E-state index is 0.00679. The number of hydrogen-bond acceptors (Lipinski definition) is 5. The molecule has 0 unspecified atom stereocenters. The minimum Gasteiger partial charge on any atom is -0.486 e. The number of aromatic nitrogens is 1. The van der Waals surface area contributed by atoms with Gasteiger partial charge in [-0.1, -0.05) is 25.1 Å². The number of carbonyl (C=O) groups is 1. The van der Waals surface area contributed by atoms with Crippen molar-refractivity contribution in [1.29, 1.82) is 0 Å². The van der Waals surface area contributed by atoms with Crippen LogP contribution in [-0.4, -0.2) is 42.1 Å². The van der Waals surface area contributed by atoms with Crippen molar-refractivity contribution < 1.29 is 14.3 Å². The van der Waals surface area contributed by atoms with Crippen molar-refractivity contribution in [2.24, 2.45) is 0 Å². The molecule has 0 fully saturated rings. The molecule has 0 saturated carbocycles. The third kappa shape index (κ3) is 4.70. The fraction of sp³-hybridized carbons (Fsp3) is 0.368. The van der Waals surface area contributed by atoms with Crippen molar-refractivity contribution in [3.05, 3.63) is 53.9 Å². The lowest BCUT2D eigenvalue weighted by Gasteiger charge is -2.25. The number of carbonyl (C=O) groups excluding carboxylic acids is 1. The van der Waals surface area contributed by atoms with E-state index < -0.39 is 0 Å². The zero-order chi connectivity index (χ0) is 17.5. The summed E-state index contributed by atoms with van der Waals surface area (Å²) in [5.74, 6) is 1.57. The second-order valence-corrected chi connectivity index (χ2v) is 5.88. The zero-order valence-corrected chi connectivity index (χ0v) is 14.4. The van der Waals surface area contributed by atoms with Crippen molar-refractivity contribution in [1.82, 2.24) is 15.2 Å². The standard InChI is InChI=1S/C19H23N3O3/c1-2-22(14-18(23)21-12-15-5-4-8-20-11-15)13-16-6-3-7-17-19(16)25-10-9-24-17/h3-8,11H,2,9-10,12-14H2,1H3,(H,21,23). The first kappa shape index (κ1) is 17.2. The first-order chi connectivity index (χ1) is 12.3. The number of likely N-dealkylation sites (N-methyl/N-ethyl adjacent to an activating group) is 1. The predicted molar refractivity (Wildman–Crippen MR) is 94.5 cm³/mol. The summed E-state index contributed by atoms with van der Waals surface area (Å²) in [5.41, 5.74) is 2.03. The number of pyridine rings is 1. The molecule has 6 nitrogen and oxygen atoms in total. The maximum Gasteiger partial charge on any atom is 0.234 e. The molecular formula is C19H23N3O3. The molecule has 2 heterocycles. The van der Waals surface area contributed by atoms with Gasteiger partial charge in [0.25, 0.3) is 0 Å². The van der Waals surface area contributed by atoms with Gasteiger partial charge in [-0.2, -0.15) is 0 Å². The van der Waals surface area contributed by atoms with E-state index in [4.69, 9.17) is 9.47 Å². The van der Waals surface area contributed by atoms with Crippen LogP contribution in [0.1, 0.15) is 18.1 Å². The Balaban J connectivity index is 1.57. The van der Waals surface area contributed by atoms with E-state index in [1.54, 1.807) is 12.4 Å². The summed E-state index contributed by atoms with van der Waals surface area (Å²) in [6.07, 6.45) is 3.47. The van der Waals surface area contributed by atoms with Gasteiger partial charge in [-0.15, -0.1) is 0 Å². The molecule has 1 aromatic carbocycles. The van der Waals surface area contributed by atoms with Crippen LogP contribution in [0.25, 0.3) is 0 Å². The lowest BCUT2D eigenvalue weighted by atomic mass is 10.1. The van der Waals surface area contributed by atoms with Crippen LogP contribution in [0.2, 0.25) is 0 Å². The number of nitrogens with zero attached hydrogens (tertiary/aromatic N) is 2. The molecule has 1 aliphatic heterocycles. The van der Waals surface area contributed by atoms with Gasteiger partial charge in [0.05, 0.1) is 6.54 Å². The van der Waals surface area contributed by atoms with E-state index in [1.165, 1.54) is 0 Å². The van der Waals surface area contributed by atoms with E-state index in [0.29, 0.717) is 32.8 Å². The number of benzene rings is 1. The highest BCUT2D eigenvalue weighted by Gasteiger charge is 2.18. The van der Waals surface area contributed by atoms with Crippen molar-refractivity contribution in [2.75, 3.05) is 26.3 Å². The maximum absolute atomic E-state index is 12.2. The Kier molecular flexibility index (Phi) is 5.85. The van der Waals surface area contributed by atoms with E-state index in [0.717, 1.165) is 29.2 Å². The summed E-state index contributed by atoms with van der Waals surface area (Å²) in [5, 5.41) is 2.94. The van der Waals surface area contributed by atoms with Crippen LogP contribution in [0.3, 0.4) is 0 Å². The molecule has 6 heteroatoms. The molecule has 0 aliphatic carbocycles. The second kappa shape index (κ2) is 8.48. The monoisotopic (exact) mass is 341 g/mol. The fourth-order valence-electron chi connectivity index (χ4n) is 2.74. The van der Waals surface area contributed by atoms with Crippen LogP contribution >= 0.6 is 0 Å². The average Bonchev–Trinajstić information content (AvgIpc) is 2.67. The zero-order valence-electron chi connectivity index (χ0n) is 14.4. The van der Waals surface area contributed by atoms with Crippen LogP contribution in [0, 0.1) is 0 Å². The summed E-state index contributed by atoms with van der Waals surface area (Å²) in [4.78, 5) is 18.4. The number of fused-ring (bicyclic) bond motifs is 1. The summed E-state index contributed by atoms with van der Waals surface area (Å²) in [6.45, 7) is 5.41. The highest BCUT2D eigenvalue weighted by atomic mass is 16.6. The summed E-state index contributed by atoms with van der Waals surface area (Å²) in [7, 11) is 0. The van der Waals surface area contributed by atoms with Gasteiger partial charge in [-0.25, -0.2) is 0 Å². The second-order valence-electron chi connectivity index (χ2n) is 5.88. The highest BCUT2D eigenvalue weighted by Crippen LogP contribution is 2.34. The first-order valence-corrected chi connectivity index (χ1v) is 8.51. The molecule has 132 valence electrons. The van der Waals surface area contributed by atoms with E-state index in [1.807, 2.05) is 37.3 Å². The van der Waals surface area contributed by atoms with Crippen LogP contribution in [0.4, 0.5) is 0 Å². The molecule has 0 atom stereocenters. The SMILES string of the molecule is CCN(CC(=O)NCc1cccnc1)Cc1cccc2c1OCCO2. The Morgan fingerprint density at radius 3 is 2.92 bits per heavy atom. The summed E-state index contributed by atoms with van der Waals surface area (Å²) in [6, 6.07) is 9.69. The highest BCUT2D eigenvalue weighted by molar-refractivity contribution is 5.78. The van der Waals surface area contributed by atoms with E-state index in [2.05, 4.69) is 15.2 Å². The molecule has 3 rings (SSSR count). The summed E-state index contributed by atoms with van der Waals surface area (Å²) >= 11 is 0. The molecule has 25 heavy (non-hydrogen) atoms. The van der Waals surface area contributed by atoms with Gasteiger partial charge in [0, 0.05) is 31.0 Å². The number of nitrogens with one attached hydrogen (secondary N) is 1. The van der Waals surface area contributed by atoms with Crippen molar-refractivity contribution in [3.63, 3.8) is 0 Å². The lowest BCUT2D eigenvalue weighted by molar-refractivity contribution is -0.122. The molecule has 0 bridgehead atoms. The fourth-order valence-corrected chi connectivity index (χ4v) is 2.74. The number of amides is 1. The normalized spacial score (nSPS) is 12.9. The van der Waals surface area contributed by atoms with Crippen molar-refractivity contribution >= 4 is 5.91 Å². The van der Waals surface area contributed by atoms with Crippen molar-refractivity contribution in [3.8, 4) is 11.5 Å². The minimum atomic E-state index is -0.00679. The number of hydrogen-bond donors (Lipinski definition) is 1. The third-order valence-corrected chi connectivity index (χ3v) is 4.07. The molecule has 1 aliphatic rings. The largest absolute Gasteiger partial charge is 0.486 e. The van der Waals surface area contributed by atoms with E-state index >= 15 is 0 Å². The van der Waals surface area contributed by atoms with Gasteiger partial charge in [0.1, 0.15) is 13.2 Å². The van der Waals surface area contributed by atoms with Gasteiger partial charge in [0.2, 0.25) is 5.91 Å². The molecule has 1 aromatic heterocycles. The van der Waals surface area contributed by atoms with Gasteiger partial charge >= 0.3 is 0 Å². The summed E-state index contributed by atoms with van der Waals surface area (Å²) < 4.78 is 11.4. The quantitative estimate of drug-likeness (QED) is 0.834. The Morgan fingerprint density at radius 1 is 1.24 bits per heavy atom. The Hall–Kier alpha value is -2.60. The molecule has 0 saturated heterocycles. The molecule has 1 amide bonds. The Bertz CT molecular complexity index is 706. The lowest BCUT2D eigenvalue weighted by Crippen LogP contribution is -2.36. The van der Waals surface area contributed by atoms with Gasteiger partial charge in [0.15, 0.2) is 11.5 Å². The van der Waals surface area contributed by atoms with Gasteiger partial charge in [-0.05, 0) is 24.2 Å². The molecule has 2 aromatic rings. The smallest absolute Gasteiger partial charge is 0.234 e. The van der Waals surface area contributed by atoms with Crippen LogP contribution < -0.4 is 14.8 Å². The van der Waals surface area contributed by atoms with Crippen LogP contribution in [-0.2, 0) is 17.9 Å². The van der Waals surface area contributed by atoms with Crippen LogP contribution in [0.15, 0.2) is 42.7 Å². The van der Waals surface area contributed by atoms with Crippen LogP contribution in [0.5, 0.6) is 11.5 Å². The topological polar surface area (TPSA) is 63.7 Å². The average molecular weight is 341 g/mol. The molecule has 0 radical (unpaired) electrons. The number of para-hydroxylation sites is 1. The van der Waals surface area contributed by atoms with E-state index in [-0.39, 0.29) is 5.91 Å².